The fraction of sp³-hybridized carbons (Fsp3) is 0.222. The van der Waals surface area contributed by atoms with E-state index in [1.54, 1.807) is 12.1 Å². The van der Waals surface area contributed by atoms with Crippen molar-refractivity contribution in [1.82, 2.24) is 10.4 Å². The van der Waals surface area contributed by atoms with Crippen LogP contribution in [0, 0.1) is 19.7 Å². The van der Waals surface area contributed by atoms with E-state index in [-0.39, 0.29) is 11.7 Å². The molecule has 0 unspecified atom stereocenters. The Morgan fingerprint density at radius 2 is 2.00 bits per heavy atom. The molecule has 4 nitrogen and oxygen atoms in total. The third-order valence-corrected chi connectivity index (χ3v) is 5.68. The standard InChI is InChI=1S/C18H18FN3OS2/c1-11-9-12(2)17-15(10-11)20-18(25-17)22-21-16(23)7-8-24-14-5-3-13(19)4-6-14/h3-6,9-10H,7-8H2,1-2H3,(H,20,22)(H,21,23). The zero-order chi connectivity index (χ0) is 17.8. The monoisotopic (exact) mass is 375 g/mol. The number of fused-ring (bicyclic) bond motifs is 1. The Bertz CT molecular complexity index is 893. The zero-order valence-corrected chi connectivity index (χ0v) is 15.6. The van der Waals surface area contributed by atoms with Crippen LogP contribution in [0.3, 0.4) is 0 Å². The number of carbonyl (C=O) groups is 1. The summed E-state index contributed by atoms with van der Waals surface area (Å²) in [6.45, 7) is 4.10. The topological polar surface area (TPSA) is 54.0 Å². The number of benzene rings is 2. The second-order valence-electron chi connectivity index (χ2n) is 5.67. The molecule has 1 heterocycles. The Labute approximate surface area is 153 Å². The number of rotatable bonds is 6. The Hall–Kier alpha value is -2.12. The van der Waals surface area contributed by atoms with Gasteiger partial charge in [-0.05, 0) is 55.3 Å². The van der Waals surface area contributed by atoms with Crippen molar-refractivity contribution in [3.05, 3.63) is 53.3 Å². The number of carbonyl (C=O) groups excluding carboxylic acids is 1. The largest absolute Gasteiger partial charge is 0.273 e. The fourth-order valence-electron chi connectivity index (χ4n) is 2.41. The number of nitrogens with one attached hydrogen (secondary N) is 2. The van der Waals surface area contributed by atoms with Crippen LogP contribution in [-0.4, -0.2) is 16.6 Å². The van der Waals surface area contributed by atoms with Crippen LogP contribution in [0.1, 0.15) is 17.5 Å². The van der Waals surface area contributed by atoms with E-state index in [9.17, 15) is 9.18 Å². The molecule has 2 aromatic carbocycles. The van der Waals surface area contributed by atoms with Gasteiger partial charge in [0.1, 0.15) is 5.82 Å². The Morgan fingerprint density at radius 3 is 2.76 bits per heavy atom. The first-order valence-electron chi connectivity index (χ1n) is 7.82. The normalized spacial score (nSPS) is 10.8. The van der Waals surface area contributed by atoms with E-state index in [1.165, 1.54) is 46.4 Å². The van der Waals surface area contributed by atoms with Crippen molar-refractivity contribution < 1.29 is 9.18 Å². The maximum Gasteiger partial charge on any atom is 0.239 e. The molecule has 0 aliphatic carbocycles. The first kappa shape index (κ1) is 17.7. The minimum absolute atomic E-state index is 0.109. The lowest BCUT2D eigenvalue weighted by atomic mass is 10.1. The van der Waals surface area contributed by atoms with Gasteiger partial charge in [0.15, 0.2) is 0 Å². The summed E-state index contributed by atoms with van der Waals surface area (Å²) in [5, 5.41) is 0.670. The molecule has 0 radical (unpaired) electrons. The second-order valence-corrected chi connectivity index (χ2v) is 7.84. The Balaban J connectivity index is 1.49. The van der Waals surface area contributed by atoms with Gasteiger partial charge in [-0.1, -0.05) is 17.4 Å². The molecule has 2 N–H and O–H groups in total. The highest BCUT2D eigenvalue weighted by atomic mass is 32.2. The van der Waals surface area contributed by atoms with Crippen molar-refractivity contribution in [2.75, 3.05) is 11.2 Å². The van der Waals surface area contributed by atoms with E-state index in [4.69, 9.17) is 0 Å². The van der Waals surface area contributed by atoms with Crippen molar-refractivity contribution >= 4 is 44.4 Å². The molecular weight excluding hydrogens is 357 g/mol. The number of aryl methyl sites for hydroxylation is 2. The molecule has 1 amide bonds. The third kappa shape index (κ3) is 4.70. The molecule has 0 saturated carbocycles. The highest BCUT2D eigenvalue weighted by Crippen LogP contribution is 2.29. The molecule has 0 fully saturated rings. The number of hydrogen-bond acceptors (Lipinski definition) is 5. The molecule has 1 aromatic heterocycles. The molecule has 0 spiro atoms. The molecule has 7 heteroatoms. The van der Waals surface area contributed by atoms with Gasteiger partial charge >= 0.3 is 0 Å². The van der Waals surface area contributed by atoms with Gasteiger partial charge in [0.05, 0.1) is 10.2 Å². The molecule has 0 bridgehead atoms. The minimum atomic E-state index is -0.257. The van der Waals surface area contributed by atoms with Crippen LogP contribution in [0.5, 0.6) is 0 Å². The summed E-state index contributed by atoms with van der Waals surface area (Å²) in [5.74, 6) is 0.256. The summed E-state index contributed by atoms with van der Waals surface area (Å²) in [6, 6.07) is 10.4. The zero-order valence-electron chi connectivity index (χ0n) is 13.9. The number of hydrazine groups is 1. The van der Waals surface area contributed by atoms with Crippen LogP contribution < -0.4 is 10.9 Å². The van der Waals surface area contributed by atoms with Crippen LogP contribution in [0.15, 0.2) is 41.3 Å². The van der Waals surface area contributed by atoms with Crippen LogP contribution in [-0.2, 0) is 4.79 Å². The van der Waals surface area contributed by atoms with Crippen molar-refractivity contribution in [3.8, 4) is 0 Å². The lowest BCUT2D eigenvalue weighted by Crippen LogP contribution is -2.29. The number of halogens is 1. The van der Waals surface area contributed by atoms with E-state index >= 15 is 0 Å². The lowest BCUT2D eigenvalue weighted by Gasteiger charge is -2.05. The smallest absolute Gasteiger partial charge is 0.239 e. The third-order valence-electron chi connectivity index (χ3n) is 3.54. The molecule has 0 aliphatic heterocycles. The molecule has 0 saturated heterocycles. The van der Waals surface area contributed by atoms with Crippen molar-refractivity contribution in [2.24, 2.45) is 0 Å². The Morgan fingerprint density at radius 1 is 1.24 bits per heavy atom. The molecule has 0 atom stereocenters. The maximum atomic E-state index is 12.8. The highest BCUT2D eigenvalue weighted by molar-refractivity contribution is 7.99. The summed E-state index contributed by atoms with van der Waals surface area (Å²) in [7, 11) is 0. The molecular formula is C18H18FN3OS2. The first-order valence-corrected chi connectivity index (χ1v) is 9.62. The van der Waals surface area contributed by atoms with Gasteiger partial charge in [0.2, 0.25) is 11.0 Å². The predicted octanol–water partition coefficient (Wildman–Crippen LogP) is 4.68. The van der Waals surface area contributed by atoms with Crippen molar-refractivity contribution in [1.29, 1.82) is 0 Å². The van der Waals surface area contributed by atoms with Gasteiger partial charge in [-0.3, -0.25) is 15.6 Å². The average Bonchev–Trinajstić information content (AvgIpc) is 2.98. The van der Waals surface area contributed by atoms with Crippen molar-refractivity contribution in [2.45, 2.75) is 25.2 Å². The van der Waals surface area contributed by atoms with Crippen LogP contribution in [0.2, 0.25) is 0 Å². The molecule has 3 rings (SSSR count). The quantitative estimate of drug-likeness (QED) is 0.485. The van der Waals surface area contributed by atoms with Gasteiger partial charge in [-0.15, -0.1) is 11.8 Å². The first-order chi connectivity index (χ1) is 12.0. The minimum Gasteiger partial charge on any atom is -0.273 e. The summed E-state index contributed by atoms with van der Waals surface area (Å²) >= 11 is 3.04. The summed E-state index contributed by atoms with van der Waals surface area (Å²) in [6.07, 6.45) is 0.359. The molecule has 25 heavy (non-hydrogen) atoms. The highest BCUT2D eigenvalue weighted by Gasteiger charge is 2.08. The second kappa shape index (κ2) is 7.84. The SMILES string of the molecule is Cc1cc(C)c2sc(NNC(=O)CCSc3ccc(F)cc3)nc2c1. The summed E-state index contributed by atoms with van der Waals surface area (Å²) in [5.41, 5.74) is 8.85. The van der Waals surface area contributed by atoms with Gasteiger partial charge < -0.3 is 0 Å². The fourth-order valence-corrected chi connectivity index (χ4v) is 4.13. The number of hydrogen-bond donors (Lipinski definition) is 2. The van der Waals surface area contributed by atoms with Gasteiger partial charge in [-0.2, -0.15) is 0 Å². The number of thioether (sulfide) groups is 1. The molecule has 3 aromatic rings. The van der Waals surface area contributed by atoms with Crippen LogP contribution >= 0.6 is 23.1 Å². The predicted molar refractivity (Wildman–Crippen MR) is 103 cm³/mol. The van der Waals surface area contributed by atoms with Gasteiger partial charge in [0, 0.05) is 17.1 Å². The summed E-state index contributed by atoms with van der Waals surface area (Å²) < 4.78 is 14.0. The number of nitrogens with zero attached hydrogens (tertiary/aromatic N) is 1. The van der Waals surface area contributed by atoms with Crippen molar-refractivity contribution in [3.63, 3.8) is 0 Å². The number of aromatic nitrogens is 1. The van der Waals surface area contributed by atoms with E-state index in [2.05, 4.69) is 28.8 Å². The lowest BCUT2D eigenvalue weighted by molar-refractivity contribution is -0.120. The van der Waals surface area contributed by atoms with E-state index in [0.717, 1.165) is 15.1 Å². The van der Waals surface area contributed by atoms with E-state index < -0.39 is 0 Å². The number of anilines is 1. The van der Waals surface area contributed by atoms with Gasteiger partial charge in [0.25, 0.3) is 0 Å². The maximum absolute atomic E-state index is 12.8. The summed E-state index contributed by atoms with van der Waals surface area (Å²) in [4.78, 5) is 17.4. The molecule has 130 valence electrons. The Kier molecular flexibility index (Phi) is 5.55. The van der Waals surface area contributed by atoms with Gasteiger partial charge in [-0.25, -0.2) is 9.37 Å². The number of thiazole rings is 1. The van der Waals surface area contributed by atoms with Crippen LogP contribution in [0.4, 0.5) is 9.52 Å². The average molecular weight is 375 g/mol. The molecule has 0 aliphatic rings. The number of amides is 1. The van der Waals surface area contributed by atoms with E-state index in [0.29, 0.717) is 17.3 Å². The van der Waals surface area contributed by atoms with Crippen LogP contribution in [0.25, 0.3) is 10.2 Å². The van der Waals surface area contributed by atoms with E-state index in [1.807, 2.05) is 13.0 Å².